The minimum atomic E-state index is -0.373. The number of carbonyl (C=O) groups excluding carboxylic acids is 1. The van der Waals surface area contributed by atoms with Crippen LogP contribution in [0.15, 0.2) is 24.3 Å². The molecule has 0 fully saturated rings. The van der Waals surface area contributed by atoms with Crippen molar-refractivity contribution in [2.75, 3.05) is 0 Å². The second kappa shape index (κ2) is 5.58. The topological polar surface area (TPSA) is 26.3 Å². The van der Waals surface area contributed by atoms with Gasteiger partial charge >= 0.3 is 5.97 Å². The predicted molar refractivity (Wildman–Crippen MR) is 49.8 cm³/mol. The Balaban J connectivity index is 3.96. The van der Waals surface area contributed by atoms with Crippen LogP contribution >= 0.6 is 0 Å². The maximum atomic E-state index is 10.7. The molecule has 0 aliphatic carbocycles. The summed E-state index contributed by atoms with van der Waals surface area (Å²) in [5.41, 5.74) is 1.22. The standard InChI is InChI=1S/C10H16O2/c1-5-8(3)7-9(4)12-10(11)6-2/h6-7,9H,2,5H2,1,3-4H3/b8-7+. The Morgan fingerprint density at radius 2 is 2.25 bits per heavy atom. The monoisotopic (exact) mass is 168 g/mol. The van der Waals surface area contributed by atoms with Crippen molar-refractivity contribution in [1.29, 1.82) is 0 Å². The zero-order valence-corrected chi connectivity index (χ0v) is 7.96. The Labute approximate surface area is 73.9 Å². The van der Waals surface area contributed by atoms with E-state index in [0.29, 0.717) is 0 Å². The van der Waals surface area contributed by atoms with Crippen LogP contribution in [0.2, 0.25) is 0 Å². The largest absolute Gasteiger partial charge is 0.455 e. The van der Waals surface area contributed by atoms with Gasteiger partial charge in [-0.1, -0.05) is 19.1 Å². The highest BCUT2D eigenvalue weighted by Gasteiger charge is 2.02. The molecule has 2 nitrogen and oxygen atoms in total. The van der Waals surface area contributed by atoms with Crippen LogP contribution in [0, 0.1) is 0 Å². The molecule has 2 heteroatoms. The Morgan fingerprint density at radius 3 is 2.67 bits per heavy atom. The zero-order valence-electron chi connectivity index (χ0n) is 7.96. The number of carbonyl (C=O) groups is 1. The van der Waals surface area contributed by atoms with Crippen molar-refractivity contribution >= 4 is 5.97 Å². The molecule has 0 N–H and O–H groups in total. The third-order valence-electron chi connectivity index (χ3n) is 1.55. The van der Waals surface area contributed by atoms with Gasteiger partial charge in [-0.3, -0.25) is 0 Å². The fraction of sp³-hybridized carbons (Fsp3) is 0.500. The van der Waals surface area contributed by atoms with Crippen LogP contribution < -0.4 is 0 Å². The average molecular weight is 168 g/mol. The van der Waals surface area contributed by atoms with E-state index in [-0.39, 0.29) is 12.1 Å². The Bertz CT molecular complexity index is 192. The molecule has 1 atom stereocenters. The molecule has 0 aliphatic rings. The molecule has 0 bridgehead atoms. The smallest absolute Gasteiger partial charge is 0.330 e. The third kappa shape index (κ3) is 4.72. The predicted octanol–water partition coefficient (Wildman–Crippen LogP) is 2.46. The molecular weight excluding hydrogens is 152 g/mol. The molecule has 0 heterocycles. The van der Waals surface area contributed by atoms with E-state index in [1.54, 1.807) is 0 Å². The van der Waals surface area contributed by atoms with Crippen molar-refractivity contribution in [2.24, 2.45) is 0 Å². The van der Waals surface area contributed by atoms with Gasteiger partial charge in [-0.05, 0) is 26.3 Å². The van der Waals surface area contributed by atoms with Gasteiger partial charge in [0.25, 0.3) is 0 Å². The molecule has 1 unspecified atom stereocenters. The van der Waals surface area contributed by atoms with E-state index in [1.165, 1.54) is 11.6 Å². The first-order valence-electron chi connectivity index (χ1n) is 4.10. The summed E-state index contributed by atoms with van der Waals surface area (Å²) >= 11 is 0. The molecule has 0 amide bonds. The Hall–Kier alpha value is -1.05. The minimum Gasteiger partial charge on any atom is -0.455 e. The van der Waals surface area contributed by atoms with Gasteiger partial charge in [-0.2, -0.15) is 0 Å². The van der Waals surface area contributed by atoms with Gasteiger partial charge in [0.2, 0.25) is 0 Å². The summed E-state index contributed by atoms with van der Waals surface area (Å²) in [7, 11) is 0. The SMILES string of the molecule is C=CC(=O)OC(C)/C=C(\C)CC. The summed E-state index contributed by atoms with van der Waals surface area (Å²) in [6.45, 7) is 9.23. The van der Waals surface area contributed by atoms with Gasteiger partial charge in [0.05, 0.1) is 0 Å². The van der Waals surface area contributed by atoms with Gasteiger partial charge in [-0.25, -0.2) is 4.79 Å². The van der Waals surface area contributed by atoms with Gasteiger partial charge < -0.3 is 4.74 Å². The van der Waals surface area contributed by atoms with Crippen LogP contribution in [0.25, 0.3) is 0 Å². The maximum absolute atomic E-state index is 10.7. The van der Waals surface area contributed by atoms with Crippen molar-refractivity contribution in [1.82, 2.24) is 0 Å². The molecule has 0 spiro atoms. The van der Waals surface area contributed by atoms with Gasteiger partial charge in [0, 0.05) is 6.08 Å². The highest BCUT2D eigenvalue weighted by molar-refractivity contribution is 5.81. The first-order chi connectivity index (χ1) is 5.60. The number of allylic oxidation sites excluding steroid dienone is 1. The summed E-state index contributed by atoms with van der Waals surface area (Å²) in [5, 5.41) is 0. The van der Waals surface area contributed by atoms with Crippen LogP contribution in [-0.4, -0.2) is 12.1 Å². The van der Waals surface area contributed by atoms with Crippen LogP contribution in [0.3, 0.4) is 0 Å². The molecule has 0 aromatic heterocycles. The molecule has 0 radical (unpaired) electrons. The van der Waals surface area contributed by atoms with Gasteiger partial charge in [0.15, 0.2) is 0 Å². The summed E-state index contributed by atoms with van der Waals surface area (Å²) < 4.78 is 4.94. The lowest BCUT2D eigenvalue weighted by atomic mass is 10.2. The van der Waals surface area contributed by atoms with E-state index < -0.39 is 0 Å². The highest BCUT2D eigenvalue weighted by Crippen LogP contribution is 2.03. The number of ether oxygens (including phenoxy) is 1. The van der Waals surface area contributed by atoms with Crippen molar-refractivity contribution in [3.8, 4) is 0 Å². The lowest BCUT2D eigenvalue weighted by molar-refractivity contribution is -0.140. The molecule has 0 rings (SSSR count). The molecule has 0 saturated carbocycles. The van der Waals surface area contributed by atoms with Crippen molar-refractivity contribution in [3.05, 3.63) is 24.3 Å². The van der Waals surface area contributed by atoms with Gasteiger partial charge in [0.1, 0.15) is 6.10 Å². The van der Waals surface area contributed by atoms with Crippen molar-refractivity contribution in [3.63, 3.8) is 0 Å². The Morgan fingerprint density at radius 1 is 1.67 bits per heavy atom. The molecule has 12 heavy (non-hydrogen) atoms. The summed E-state index contributed by atoms with van der Waals surface area (Å²) in [6.07, 6.45) is 3.93. The summed E-state index contributed by atoms with van der Waals surface area (Å²) in [5.74, 6) is -0.373. The van der Waals surface area contributed by atoms with Gasteiger partial charge in [-0.15, -0.1) is 0 Å². The van der Waals surface area contributed by atoms with Crippen LogP contribution in [0.5, 0.6) is 0 Å². The maximum Gasteiger partial charge on any atom is 0.330 e. The first-order valence-corrected chi connectivity index (χ1v) is 4.10. The molecule has 0 saturated heterocycles. The molecular formula is C10H16O2. The molecule has 68 valence electrons. The number of esters is 1. The highest BCUT2D eigenvalue weighted by atomic mass is 16.5. The normalized spacial score (nSPS) is 13.8. The molecule has 0 aromatic rings. The minimum absolute atomic E-state index is 0.157. The fourth-order valence-corrected chi connectivity index (χ4v) is 0.784. The van der Waals surface area contributed by atoms with Crippen molar-refractivity contribution in [2.45, 2.75) is 33.3 Å². The second-order valence-corrected chi connectivity index (χ2v) is 2.71. The van der Waals surface area contributed by atoms with E-state index >= 15 is 0 Å². The lowest BCUT2D eigenvalue weighted by Gasteiger charge is -2.07. The van der Waals surface area contributed by atoms with E-state index in [4.69, 9.17) is 4.74 Å². The first kappa shape index (κ1) is 11.0. The van der Waals surface area contributed by atoms with E-state index in [9.17, 15) is 4.79 Å². The average Bonchev–Trinajstić information content (AvgIpc) is 2.03. The summed E-state index contributed by atoms with van der Waals surface area (Å²) in [4.78, 5) is 10.7. The van der Waals surface area contributed by atoms with Crippen LogP contribution in [0.1, 0.15) is 27.2 Å². The molecule has 0 aliphatic heterocycles. The van der Waals surface area contributed by atoms with E-state index in [1.807, 2.05) is 19.9 Å². The van der Waals surface area contributed by atoms with E-state index in [2.05, 4.69) is 13.5 Å². The summed E-state index contributed by atoms with van der Waals surface area (Å²) in [6, 6.07) is 0. The third-order valence-corrected chi connectivity index (χ3v) is 1.55. The Kier molecular flexibility index (Phi) is 5.09. The zero-order chi connectivity index (χ0) is 9.56. The lowest BCUT2D eigenvalue weighted by Crippen LogP contribution is -2.10. The van der Waals surface area contributed by atoms with E-state index in [0.717, 1.165) is 6.42 Å². The fourth-order valence-electron chi connectivity index (χ4n) is 0.784. The second-order valence-electron chi connectivity index (χ2n) is 2.71. The van der Waals surface area contributed by atoms with Crippen LogP contribution in [0.4, 0.5) is 0 Å². The quantitative estimate of drug-likeness (QED) is 0.366. The number of hydrogen-bond acceptors (Lipinski definition) is 2. The number of rotatable bonds is 4. The van der Waals surface area contributed by atoms with Crippen LogP contribution in [-0.2, 0) is 9.53 Å². The number of hydrogen-bond donors (Lipinski definition) is 0. The van der Waals surface area contributed by atoms with Crippen molar-refractivity contribution < 1.29 is 9.53 Å². The molecule has 0 aromatic carbocycles.